The van der Waals surface area contributed by atoms with E-state index in [2.05, 4.69) is 33.0 Å². The average molecular weight is 211 g/mol. The zero-order valence-electron chi connectivity index (χ0n) is 11.1. The molecule has 1 aliphatic rings. The molecule has 1 atom stereocenters. The van der Waals surface area contributed by atoms with Gasteiger partial charge in [-0.15, -0.1) is 0 Å². The summed E-state index contributed by atoms with van der Waals surface area (Å²) >= 11 is 0. The second-order valence-electron chi connectivity index (χ2n) is 5.87. The fourth-order valence-electron chi connectivity index (χ4n) is 2.88. The smallest absolute Gasteiger partial charge is 0.00104 e. The first kappa shape index (κ1) is 13.0. The van der Waals surface area contributed by atoms with Crippen molar-refractivity contribution < 1.29 is 0 Å². The molecule has 0 heterocycles. The zero-order valence-corrected chi connectivity index (χ0v) is 11.1. The Morgan fingerprint density at radius 3 is 2.07 bits per heavy atom. The Morgan fingerprint density at radius 1 is 1.00 bits per heavy atom. The second kappa shape index (κ2) is 6.52. The van der Waals surface area contributed by atoms with E-state index >= 15 is 0 Å². The Bertz CT molecular complexity index is 157. The molecule has 0 aromatic carbocycles. The highest BCUT2D eigenvalue weighted by atomic mass is 14.9. The number of hydrogen-bond acceptors (Lipinski definition) is 1. The van der Waals surface area contributed by atoms with Crippen LogP contribution in [0.4, 0.5) is 0 Å². The molecule has 1 nitrogen and oxygen atoms in total. The van der Waals surface area contributed by atoms with Crippen molar-refractivity contribution in [3.8, 4) is 0 Å². The maximum Gasteiger partial charge on any atom is 0.00104 e. The van der Waals surface area contributed by atoms with Gasteiger partial charge >= 0.3 is 0 Å². The highest BCUT2D eigenvalue weighted by Gasteiger charge is 2.25. The van der Waals surface area contributed by atoms with Crippen LogP contribution in [0.2, 0.25) is 0 Å². The summed E-state index contributed by atoms with van der Waals surface area (Å²) in [5.74, 6) is 2.72. The van der Waals surface area contributed by atoms with Crippen molar-refractivity contribution in [1.82, 2.24) is 5.32 Å². The van der Waals surface area contributed by atoms with Gasteiger partial charge in [0.25, 0.3) is 0 Å². The molecular weight excluding hydrogens is 182 g/mol. The molecule has 0 saturated heterocycles. The third-order valence-corrected chi connectivity index (χ3v) is 3.87. The van der Waals surface area contributed by atoms with E-state index in [0.717, 1.165) is 17.8 Å². The quantitative estimate of drug-likeness (QED) is 0.728. The molecule has 0 amide bonds. The van der Waals surface area contributed by atoms with Crippen LogP contribution >= 0.6 is 0 Å². The molecule has 0 aromatic heterocycles. The Balaban J connectivity index is 2.41. The largest absolute Gasteiger partial charge is 0.314 e. The third-order valence-electron chi connectivity index (χ3n) is 3.87. The van der Waals surface area contributed by atoms with Gasteiger partial charge in [0.05, 0.1) is 0 Å². The van der Waals surface area contributed by atoms with Crippen LogP contribution < -0.4 is 5.32 Å². The average Bonchev–Trinajstić information content (AvgIpc) is 2.18. The van der Waals surface area contributed by atoms with Gasteiger partial charge in [-0.05, 0) is 24.3 Å². The predicted molar refractivity (Wildman–Crippen MR) is 68.0 cm³/mol. The topological polar surface area (TPSA) is 12.0 Å². The van der Waals surface area contributed by atoms with Crippen molar-refractivity contribution >= 4 is 0 Å². The lowest BCUT2D eigenvalue weighted by molar-refractivity contribution is 0.188. The molecule has 1 rings (SSSR count). The molecule has 1 fully saturated rings. The van der Waals surface area contributed by atoms with E-state index in [-0.39, 0.29) is 0 Å². The van der Waals surface area contributed by atoms with Crippen molar-refractivity contribution in [2.75, 3.05) is 6.54 Å². The van der Waals surface area contributed by atoms with E-state index < -0.39 is 0 Å². The molecule has 90 valence electrons. The van der Waals surface area contributed by atoms with E-state index in [4.69, 9.17) is 0 Å². The van der Waals surface area contributed by atoms with Gasteiger partial charge in [-0.25, -0.2) is 0 Å². The lowest BCUT2D eigenvalue weighted by Crippen LogP contribution is -2.36. The molecule has 15 heavy (non-hydrogen) atoms. The molecular formula is C14H29N. The maximum absolute atomic E-state index is 3.62. The maximum atomic E-state index is 3.62. The Kier molecular flexibility index (Phi) is 5.66. The van der Waals surface area contributed by atoms with Gasteiger partial charge in [0.15, 0.2) is 0 Å². The molecule has 0 bridgehead atoms. The molecule has 1 unspecified atom stereocenters. The predicted octanol–water partition coefficient (Wildman–Crippen LogP) is 3.84. The third kappa shape index (κ3) is 4.55. The SMILES string of the molecule is CC(C)NCC(C(C)C)C1CCCCC1. The highest BCUT2D eigenvalue weighted by Crippen LogP contribution is 2.33. The Morgan fingerprint density at radius 2 is 1.60 bits per heavy atom. The highest BCUT2D eigenvalue weighted by molar-refractivity contribution is 4.78. The molecule has 1 heteroatoms. The van der Waals surface area contributed by atoms with E-state index in [1.165, 1.54) is 38.6 Å². The molecule has 1 aliphatic carbocycles. The van der Waals surface area contributed by atoms with E-state index in [1.807, 2.05) is 0 Å². The summed E-state index contributed by atoms with van der Waals surface area (Å²) in [7, 11) is 0. The normalized spacial score (nSPS) is 21.2. The summed E-state index contributed by atoms with van der Waals surface area (Å²) < 4.78 is 0. The van der Waals surface area contributed by atoms with Crippen LogP contribution in [-0.2, 0) is 0 Å². The minimum Gasteiger partial charge on any atom is -0.314 e. The minimum absolute atomic E-state index is 0.634. The molecule has 0 radical (unpaired) electrons. The van der Waals surface area contributed by atoms with Gasteiger partial charge in [-0.3, -0.25) is 0 Å². The summed E-state index contributed by atoms with van der Waals surface area (Å²) in [4.78, 5) is 0. The van der Waals surface area contributed by atoms with E-state index in [0.29, 0.717) is 6.04 Å². The standard InChI is InChI=1S/C14H29N/c1-11(2)14(10-15-12(3)4)13-8-6-5-7-9-13/h11-15H,5-10H2,1-4H3. The minimum atomic E-state index is 0.634. The fourth-order valence-corrected chi connectivity index (χ4v) is 2.88. The van der Waals surface area contributed by atoms with Crippen LogP contribution in [0.3, 0.4) is 0 Å². The van der Waals surface area contributed by atoms with Crippen LogP contribution in [0, 0.1) is 17.8 Å². The van der Waals surface area contributed by atoms with Crippen LogP contribution in [0.1, 0.15) is 59.8 Å². The van der Waals surface area contributed by atoms with Crippen LogP contribution in [0.25, 0.3) is 0 Å². The van der Waals surface area contributed by atoms with Crippen molar-refractivity contribution in [2.45, 2.75) is 65.8 Å². The Hall–Kier alpha value is -0.0400. The monoisotopic (exact) mass is 211 g/mol. The van der Waals surface area contributed by atoms with Gasteiger partial charge in [0, 0.05) is 6.04 Å². The molecule has 1 saturated carbocycles. The fraction of sp³-hybridized carbons (Fsp3) is 1.00. The summed E-state index contributed by atoms with van der Waals surface area (Å²) in [6.45, 7) is 10.5. The van der Waals surface area contributed by atoms with Crippen LogP contribution in [0.5, 0.6) is 0 Å². The van der Waals surface area contributed by atoms with Gasteiger partial charge in [-0.2, -0.15) is 0 Å². The first-order valence-electron chi connectivity index (χ1n) is 6.84. The van der Waals surface area contributed by atoms with Crippen molar-refractivity contribution in [2.24, 2.45) is 17.8 Å². The van der Waals surface area contributed by atoms with E-state index in [9.17, 15) is 0 Å². The second-order valence-corrected chi connectivity index (χ2v) is 5.87. The van der Waals surface area contributed by atoms with Crippen molar-refractivity contribution in [1.29, 1.82) is 0 Å². The van der Waals surface area contributed by atoms with Crippen molar-refractivity contribution in [3.63, 3.8) is 0 Å². The number of nitrogens with one attached hydrogen (secondary N) is 1. The molecule has 0 aromatic rings. The number of rotatable bonds is 5. The van der Waals surface area contributed by atoms with Crippen LogP contribution in [0.15, 0.2) is 0 Å². The first-order chi connectivity index (χ1) is 7.11. The lowest BCUT2D eigenvalue weighted by atomic mass is 9.75. The number of hydrogen-bond donors (Lipinski definition) is 1. The lowest BCUT2D eigenvalue weighted by Gasteiger charge is -2.33. The Labute approximate surface area is 96.0 Å². The first-order valence-corrected chi connectivity index (χ1v) is 6.84. The van der Waals surface area contributed by atoms with E-state index in [1.54, 1.807) is 0 Å². The van der Waals surface area contributed by atoms with Gasteiger partial charge in [0.1, 0.15) is 0 Å². The summed E-state index contributed by atoms with van der Waals surface area (Å²) in [5.41, 5.74) is 0. The summed E-state index contributed by atoms with van der Waals surface area (Å²) in [6, 6.07) is 0.634. The molecule has 0 aliphatic heterocycles. The van der Waals surface area contributed by atoms with Gasteiger partial charge in [-0.1, -0.05) is 59.8 Å². The molecule has 1 N–H and O–H groups in total. The zero-order chi connectivity index (χ0) is 11.3. The molecule has 0 spiro atoms. The van der Waals surface area contributed by atoms with Gasteiger partial charge in [0.2, 0.25) is 0 Å². The summed E-state index contributed by atoms with van der Waals surface area (Å²) in [5, 5.41) is 3.62. The summed E-state index contributed by atoms with van der Waals surface area (Å²) in [6.07, 6.45) is 7.36. The van der Waals surface area contributed by atoms with Crippen LogP contribution in [-0.4, -0.2) is 12.6 Å². The van der Waals surface area contributed by atoms with Crippen molar-refractivity contribution in [3.05, 3.63) is 0 Å². The van der Waals surface area contributed by atoms with Gasteiger partial charge < -0.3 is 5.32 Å².